The van der Waals surface area contributed by atoms with Gasteiger partial charge in [-0.1, -0.05) is 60.7 Å². The first-order valence-corrected chi connectivity index (χ1v) is 11.7. The summed E-state index contributed by atoms with van der Waals surface area (Å²) in [5.41, 5.74) is 7.82. The third-order valence-corrected chi connectivity index (χ3v) is 7.47. The third-order valence-electron chi connectivity index (χ3n) is 7.47. The number of hydrogen-bond acceptors (Lipinski definition) is 2. The lowest BCUT2D eigenvalue weighted by molar-refractivity contribution is 0.0866. The van der Waals surface area contributed by atoms with E-state index in [0.29, 0.717) is 12.2 Å². The van der Waals surface area contributed by atoms with Gasteiger partial charge in [0.2, 0.25) is 0 Å². The second-order valence-electron chi connectivity index (χ2n) is 9.37. The quantitative estimate of drug-likeness (QED) is 0.454. The number of fused-ring (bicyclic) bond motifs is 5. The van der Waals surface area contributed by atoms with Crippen LogP contribution < -0.4 is 0 Å². The normalized spacial score (nSPS) is 20.9. The number of halogens is 1. The molecule has 2 bridgehead atoms. The van der Waals surface area contributed by atoms with Crippen LogP contribution in [0.3, 0.4) is 0 Å². The number of nitrogens with zero attached hydrogens (tertiary/aromatic N) is 1. The molecule has 33 heavy (non-hydrogen) atoms. The predicted octanol–water partition coefficient (Wildman–Crippen LogP) is 6.70. The maximum Gasteiger partial charge on any atom is 0.410 e. The third kappa shape index (κ3) is 3.36. The van der Waals surface area contributed by atoms with Crippen LogP contribution in [0.1, 0.15) is 47.4 Å². The first-order valence-electron chi connectivity index (χ1n) is 11.7. The van der Waals surface area contributed by atoms with Crippen molar-refractivity contribution >= 4 is 11.7 Å². The monoisotopic (exact) mass is 439 g/mol. The maximum atomic E-state index is 13.7. The van der Waals surface area contributed by atoms with Gasteiger partial charge in [0, 0.05) is 12.0 Å². The van der Waals surface area contributed by atoms with E-state index in [1.54, 1.807) is 6.92 Å². The van der Waals surface area contributed by atoms with Crippen LogP contribution in [0.4, 0.5) is 9.18 Å². The van der Waals surface area contributed by atoms with Crippen molar-refractivity contribution < 1.29 is 13.9 Å². The molecule has 0 N–H and O–H groups in total. The second-order valence-corrected chi connectivity index (χ2v) is 9.37. The van der Waals surface area contributed by atoms with E-state index in [4.69, 9.17) is 4.74 Å². The summed E-state index contributed by atoms with van der Waals surface area (Å²) in [6.07, 6.45) is 4.65. The van der Waals surface area contributed by atoms with Gasteiger partial charge in [0.25, 0.3) is 0 Å². The molecular formula is C29H26FNO2. The summed E-state index contributed by atoms with van der Waals surface area (Å²) in [7, 11) is 0. The zero-order valence-corrected chi connectivity index (χ0v) is 18.6. The highest BCUT2D eigenvalue weighted by molar-refractivity contribution is 5.79. The lowest BCUT2D eigenvalue weighted by Gasteiger charge is -2.33. The minimum absolute atomic E-state index is 0.0414. The minimum atomic E-state index is -0.227. The molecule has 2 unspecified atom stereocenters. The molecule has 3 aromatic carbocycles. The minimum Gasteiger partial charge on any atom is -0.448 e. The molecule has 1 fully saturated rings. The van der Waals surface area contributed by atoms with Gasteiger partial charge in [-0.05, 0) is 77.3 Å². The van der Waals surface area contributed by atoms with Crippen molar-refractivity contribution in [3.63, 3.8) is 0 Å². The first-order chi connectivity index (χ1) is 16.1. The zero-order valence-electron chi connectivity index (χ0n) is 18.6. The molecule has 1 aliphatic carbocycles. The zero-order chi connectivity index (χ0) is 22.5. The fourth-order valence-corrected chi connectivity index (χ4v) is 5.84. The number of amides is 1. The van der Waals surface area contributed by atoms with Crippen LogP contribution in [0.15, 0.2) is 72.8 Å². The fraction of sp³-hybridized carbons (Fsp3) is 0.276. The van der Waals surface area contributed by atoms with Gasteiger partial charge in [-0.25, -0.2) is 9.18 Å². The van der Waals surface area contributed by atoms with Gasteiger partial charge in [0.1, 0.15) is 12.4 Å². The molecule has 0 radical (unpaired) electrons. The van der Waals surface area contributed by atoms with E-state index in [1.165, 1.54) is 33.9 Å². The smallest absolute Gasteiger partial charge is 0.410 e. The second kappa shape index (κ2) is 7.87. The highest BCUT2D eigenvalue weighted by Gasteiger charge is 2.41. The number of ether oxygens (including phenoxy) is 1. The standard InChI is InChI=1S/C29H26FNO2/c1-18-14-19(10-13-28(18)30)20-15-21-11-12-22(16-20)31(21)29(32)33-17-27-25-8-4-2-6-23(25)24-7-3-5-9-26(24)27/h2-10,13-15,21-22,27H,11-12,16-17H2,1H3. The van der Waals surface area contributed by atoms with Crippen LogP contribution in [-0.2, 0) is 4.74 Å². The number of benzene rings is 3. The van der Waals surface area contributed by atoms with Crippen LogP contribution in [0, 0.1) is 12.7 Å². The number of carbonyl (C=O) groups is 1. The predicted molar refractivity (Wildman–Crippen MR) is 127 cm³/mol. The maximum absolute atomic E-state index is 13.7. The van der Waals surface area contributed by atoms with Crippen molar-refractivity contribution in [3.05, 3.63) is 101 Å². The summed E-state index contributed by atoms with van der Waals surface area (Å²) < 4.78 is 19.7. The van der Waals surface area contributed by atoms with Crippen molar-refractivity contribution in [2.24, 2.45) is 0 Å². The van der Waals surface area contributed by atoms with E-state index in [0.717, 1.165) is 24.8 Å². The van der Waals surface area contributed by atoms with Crippen molar-refractivity contribution in [2.75, 3.05) is 6.61 Å². The van der Waals surface area contributed by atoms with Crippen LogP contribution in [0.25, 0.3) is 16.7 Å². The van der Waals surface area contributed by atoms with E-state index < -0.39 is 0 Å². The molecule has 3 aliphatic rings. The van der Waals surface area contributed by atoms with Gasteiger partial charge in [0.05, 0.1) is 6.04 Å². The molecular weight excluding hydrogens is 413 g/mol. The Morgan fingerprint density at radius 3 is 2.36 bits per heavy atom. The number of rotatable bonds is 3. The van der Waals surface area contributed by atoms with E-state index in [2.05, 4.69) is 42.5 Å². The van der Waals surface area contributed by atoms with Crippen molar-refractivity contribution in [1.29, 1.82) is 0 Å². The van der Waals surface area contributed by atoms with Gasteiger partial charge < -0.3 is 4.74 Å². The van der Waals surface area contributed by atoms with Crippen molar-refractivity contribution in [1.82, 2.24) is 4.90 Å². The van der Waals surface area contributed by atoms with Gasteiger partial charge in [0.15, 0.2) is 0 Å². The van der Waals surface area contributed by atoms with Gasteiger partial charge in [-0.15, -0.1) is 0 Å². The molecule has 6 rings (SSSR count). The summed E-state index contributed by atoms with van der Waals surface area (Å²) in [6.45, 7) is 2.14. The fourth-order valence-electron chi connectivity index (χ4n) is 5.84. The highest BCUT2D eigenvalue weighted by atomic mass is 19.1. The molecule has 2 aliphatic heterocycles. The Morgan fingerprint density at radius 1 is 1.00 bits per heavy atom. The van der Waals surface area contributed by atoms with Crippen LogP contribution in [0.5, 0.6) is 0 Å². The summed E-state index contributed by atoms with van der Waals surface area (Å²) in [6, 6.07) is 22.2. The number of carbonyl (C=O) groups excluding carboxylic acids is 1. The van der Waals surface area contributed by atoms with E-state index in [1.807, 2.05) is 29.2 Å². The topological polar surface area (TPSA) is 29.5 Å². The lowest BCUT2D eigenvalue weighted by Crippen LogP contribution is -2.43. The number of aryl methyl sites for hydroxylation is 1. The Hall–Kier alpha value is -3.40. The highest BCUT2D eigenvalue weighted by Crippen LogP contribution is 2.45. The molecule has 0 aromatic heterocycles. The summed E-state index contributed by atoms with van der Waals surface area (Å²) >= 11 is 0. The van der Waals surface area contributed by atoms with E-state index in [9.17, 15) is 9.18 Å². The Kier molecular flexibility index (Phi) is 4.83. The van der Waals surface area contributed by atoms with Crippen LogP contribution in [0.2, 0.25) is 0 Å². The summed E-state index contributed by atoms with van der Waals surface area (Å²) in [4.78, 5) is 15.1. The van der Waals surface area contributed by atoms with Gasteiger partial charge in [-0.2, -0.15) is 0 Å². The molecule has 3 nitrogen and oxygen atoms in total. The summed E-state index contributed by atoms with van der Waals surface area (Å²) in [5.74, 6) is -0.115. The van der Waals surface area contributed by atoms with Crippen LogP contribution >= 0.6 is 0 Å². The average molecular weight is 440 g/mol. The van der Waals surface area contributed by atoms with Gasteiger partial charge >= 0.3 is 6.09 Å². The average Bonchev–Trinajstić information content (AvgIpc) is 3.30. The van der Waals surface area contributed by atoms with E-state index in [-0.39, 0.29) is 29.9 Å². The molecule has 2 atom stereocenters. The Bertz CT molecular complexity index is 1230. The first kappa shape index (κ1) is 20.2. The molecule has 0 saturated carbocycles. The Labute approximate surface area is 193 Å². The van der Waals surface area contributed by atoms with Gasteiger partial charge in [-0.3, -0.25) is 4.90 Å². The Balaban J connectivity index is 1.20. The van der Waals surface area contributed by atoms with E-state index >= 15 is 0 Å². The molecule has 166 valence electrons. The molecule has 1 saturated heterocycles. The van der Waals surface area contributed by atoms with Crippen molar-refractivity contribution in [2.45, 2.75) is 44.2 Å². The molecule has 2 heterocycles. The molecule has 3 aromatic rings. The largest absolute Gasteiger partial charge is 0.448 e. The molecule has 0 spiro atoms. The van der Waals surface area contributed by atoms with Crippen molar-refractivity contribution in [3.8, 4) is 11.1 Å². The van der Waals surface area contributed by atoms with Crippen LogP contribution in [-0.4, -0.2) is 29.7 Å². The SMILES string of the molecule is Cc1cc(C2=CC3CCC(C2)N3C(=O)OCC2c3ccccc3-c3ccccc32)ccc1F. The Morgan fingerprint density at radius 2 is 1.70 bits per heavy atom. The summed E-state index contributed by atoms with van der Waals surface area (Å²) in [5, 5.41) is 0. The molecule has 1 amide bonds. The lowest BCUT2D eigenvalue weighted by atomic mass is 9.94. The number of hydrogen-bond donors (Lipinski definition) is 0. The molecule has 4 heteroatoms.